The molecule has 3 heterocycles. The van der Waals surface area contributed by atoms with E-state index < -0.39 is 0 Å². The van der Waals surface area contributed by atoms with E-state index in [1.54, 1.807) is 0 Å². The number of nitrogens with zero attached hydrogens (tertiary/aromatic N) is 2. The molecule has 3 aromatic heterocycles. The first-order chi connectivity index (χ1) is 11.7. The summed E-state index contributed by atoms with van der Waals surface area (Å²) >= 11 is 0. The van der Waals surface area contributed by atoms with Crippen molar-refractivity contribution >= 4 is 22.5 Å². The van der Waals surface area contributed by atoms with E-state index in [9.17, 15) is 4.79 Å². The quantitative estimate of drug-likeness (QED) is 0.607. The molecule has 4 aromatic rings. The molecule has 0 spiro atoms. The number of pyridine rings is 1. The maximum absolute atomic E-state index is 12.6. The number of amides is 1. The standard InChI is InChI=1S/C19H18N4O/c1-13-18(23-11-5-4-8-17(23)22-13)19(24)20-10-9-14-12-21-16-7-3-2-6-15(14)16/h2-8,11-12,21H,9-10H2,1H3,(H,20,24). The number of rotatable bonds is 4. The lowest BCUT2D eigenvalue weighted by atomic mass is 10.1. The Bertz CT molecular complexity index is 1030. The predicted molar refractivity (Wildman–Crippen MR) is 94.3 cm³/mol. The van der Waals surface area contributed by atoms with Gasteiger partial charge in [-0.1, -0.05) is 24.3 Å². The van der Waals surface area contributed by atoms with Crippen LogP contribution < -0.4 is 5.32 Å². The summed E-state index contributed by atoms with van der Waals surface area (Å²) in [6.45, 7) is 2.45. The Morgan fingerprint density at radius 3 is 2.96 bits per heavy atom. The summed E-state index contributed by atoms with van der Waals surface area (Å²) in [7, 11) is 0. The number of para-hydroxylation sites is 1. The first kappa shape index (κ1) is 14.5. The maximum Gasteiger partial charge on any atom is 0.270 e. The highest BCUT2D eigenvalue weighted by molar-refractivity contribution is 5.94. The predicted octanol–water partition coefficient (Wildman–Crippen LogP) is 3.10. The summed E-state index contributed by atoms with van der Waals surface area (Å²) in [5.41, 5.74) is 4.46. The number of hydrogen-bond donors (Lipinski definition) is 2. The van der Waals surface area contributed by atoms with E-state index in [0.717, 1.165) is 23.3 Å². The van der Waals surface area contributed by atoms with Crippen LogP contribution in [0.3, 0.4) is 0 Å². The summed E-state index contributed by atoms with van der Waals surface area (Å²) in [5.74, 6) is -0.0916. The zero-order valence-corrected chi connectivity index (χ0v) is 13.4. The maximum atomic E-state index is 12.6. The van der Waals surface area contributed by atoms with E-state index >= 15 is 0 Å². The molecular weight excluding hydrogens is 300 g/mol. The summed E-state index contributed by atoms with van der Waals surface area (Å²) in [4.78, 5) is 20.2. The highest BCUT2D eigenvalue weighted by atomic mass is 16.1. The minimum Gasteiger partial charge on any atom is -0.361 e. The number of aromatic nitrogens is 3. The average Bonchev–Trinajstić information content (AvgIpc) is 3.15. The molecule has 5 heteroatoms. The van der Waals surface area contributed by atoms with E-state index in [4.69, 9.17) is 0 Å². The molecule has 1 amide bonds. The van der Waals surface area contributed by atoms with Crippen molar-refractivity contribution < 1.29 is 4.79 Å². The van der Waals surface area contributed by atoms with Gasteiger partial charge in [-0.25, -0.2) is 4.98 Å². The smallest absolute Gasteiger partial charge is 0.270 e. The lowest BCUT2D eigenvalue weighted by Crippen LogP contribution is -2.27. The van der Waals surface area contributed by atoms with Gasteiger partial charge >= 0.3 is 0 Å². The zero-order valence-electron chi connectivity index (χ0n) is 13.4. The van der Waals surface area contributed by atoms with Gasteiger partial charge in [0.2, 0.25) is 0 Å². The Balaban J connectivity index is 1.49. The topological polar surface area (TPSA) is 62.2 Å². The van der Waals surface area contributed by atoms with Gasteiger partial charge in [0, 0.05) is 29.8 Å². The Kier molecular flexibility index (Phi) is 3.54. The lowest BCUT2D eigenvalue weighted by molar-refractivity contribution is 0.0947. The van der Waals surface area contributed by atoms with Crippen LogP contribution in [-0.2, 0) is 6.42 Å². The fourth-order valence-electron chi connectivity index (χ4n) is 3.12. The fourth-order valence-corrected chi connectivity index (χ4v) is 3.12. The van der Waals surface area contributed by atoms with Crippen molar-refractivity contribution in [3.05, 3.63) is 71.8 Å². The van der Waals surface area contributed by atoms with Gasteiger partial charge in [-0.3, -0.25) is 9.20 Å². The third-order valence-electron chi connectivity index (χ3n) is 4.27. The number of H-pyrrole nitrogens is 1. The molecule has 0 atom stereocenters. The van der Waals surface area contributed by atoms with Gasteiger partial charge in [-0.15, -0.1) is 0 Å². The monoisotopic (exact) mass is 318 g/mol. The highest BCUT2D eigenvalue weighted by Crippen LogP contribution is 2.18. The third kappa shape index (κ3) is 2.44. The van der Waals surface area contributed by atoms with Crippen LogP contribution in [0.25, 0.3) is 16.6 Å². The molecule has 0 aliphatic rings. The Hall–Kier alpha value is -3.08. The van der Waals surface area contributed by atoms with Crippen molar-refractivity contribution in [3.63, 3.8) is 0 Å². The van der Waals surface area contributed by atoms with Gasteiger partial charge in [0.05, 0.1) is 5.69 Å². The first-order valence-corrected chi connectivity index (χ1v) is 8.01. The molecule has 120 valence electrons. The Morgan fingerprint density at radius 1 is 1.21 bits per heavy atom. The van der Waals surface area contributed by atoms with Crippen molar-refractivity contribution in [1.82, 2.24) is 19.7 Å². The number of carbonyl (C=O) groups is 1. The number of fused-ring (bicyclic) bond motifs is 2. The summed E-state index contributed by atoms with van der Waals surface area (Å²) < 4.78 is 1.83. The van der Waals surface area contributed by atoms with Gasteiger partial charge < -0.3 is 10.3 Å². The van der Waals surface area contributed by atoms with Gasteiger partial charge in [0.15, 0.2) is 0 Å². The molecule has 2 N–H and O–H groups in total. The van der Waals surface area contributed by atoms with Crippen LogP contribution in [-0.4, -0.2) is 26.8 Å². The summed E-state index contributed by atoms with van der Waals surface area (Å²) in [6.07, 6.45) is 4.66. The number of hydrogen-bond acceptors (Lipinski definition) is 2. The molecule has 0 unspecified atom stereocenters. The number of imidazole rings is 1. The third-order valence-corrected chi connectivity index (χ3v) is 4.27. The second kappa shape index (κ2) is 5.85. The second-order valence-corrected chi connectivity index (χ2v) is 5.84. The fraction of sp³-hybridized carbons (Fsp3) is 0.158. The zero-order chi connectivity index (χ0) is 16.5. The van der Waals surface area contributed by atoms with Gasteiger partial charge in [-0.2, -0.15) is 0 Å². The number of carbonyl (C=O) groups excluding carboxylic acids is 1. The minimum atomic E-state index is -0.0916. The van der Waals surface area contributed by atoms with E-state index in [1.165, 1.54) is 10.9 Å². The van der Waals surface area contributed by atoms with Crippen LogP contribution in [0, 0.1) is 6.92 Å². The SMILES string of the molecule is Cc1nc2ccccn2c1C(=O)NCCc1c[nH]c2ccccc12. The molecule has 0 aliphatic carbocycles. The minimum absolute atomic E-state index is 0.0916. The van der Waals surface area contributed by atoms with Gasteiger partial charge in [0.25, 0.3) is 5.91 Å². The van der Waals surface area contributed by atoms with Crippen LogP contribution in [0.15, 0.2) is 54.9 Å². The van der Waals surface area contributed by atoms with Crippen LogP contribution >= 0.6 is 0 Å². The van der Waals surface area contributed by atoms with E-state index in [0.29, 0.717) is 12.2 Å². The first-order valence-electron chi connectivity index (χ1n) is 8.01. The summed E-state index contributed by atoms with van der Waals surface area (Å²) in [6, 6.07) is 13.9. The second-order valence-electron chi connectivity index (χ2n) is 5.84. The lowest BCUT2D eigenvalue weighted by Gasteiger charge is -2.06. The van der Waals surface area contributed by atoms with E-state index in [2.05, 4.69) is 27.4 Å². The van der Waals surface area contributed by atoms with Crippen LogP contribution in [0.1, 0.15) is 21.7 Å². The Labute approximate surface area is 139 Å². The van der Waals surface area contributed by atoms with Crippen molar-refractivity contribution in [3.8, 4) is 0 Å². The summed E-state index contributed by atoms with van der Waals surface area (Å²) in [5, 5.41) is 4.21. The van der Waals surface area contributed by atoms with Gasteiger partial charge in [0.1, 0.15) is 11.3 Å². The number of nitrogens with one attached hydrogen (secondary N) is 2. The molecule has 0 bridgehead atoms. The molecule has 0 radical (unpaired) electrons. The van der Waals surface area contributed by atoms with E-state index in [-0.39, 0.29) is 5.91 Å². The van der Waals surface area contributed by atoms with Crippen molar-refractivity contribution in [2.45, 2.75) is 13.3 Å². The van der Waals surface area contributed by atoms with Crippen molar-refractivity contribution in [2.75, 3.05) is 6.54 Å². The number of aryl methyl sites for hydroxylation is 1. The average molecular weight is 318 g/mol. The molecule has 0 aliphatic heterocycles. The van der Waals surface area contributed by atoms with Crippen LogP contribution in [0.4, 0.5) is 0 Å². The number of benzene rings is 1. The van der Waals surface area contributed by atoms with Gasteiger partial charge in [-0.05, 0) is 37.1 Å². The highest BCUT2D eigenvalue weighted by Gasteiger charge is 2.15. The molecule has 0 saturated carbocycles. The Morgan fingerprint density at radius 2 is 2.04 bits per heavy atom. The molecule has 0 fully saturated rings. The van der Waals surface area contributed by atoms with Crippen molar-refractivity contribution in [1.29, 1.82) is 0 Å². The molecule has 0 saturated heterocycles. The normalized spacial score (nSPS) is 11.2. The number of aromatic amines is 1. The molecular formula is C19H18N4O. The molecule has 5 nitrogen and oxygen atoms in total. The largest absolute Gasteiger partial charge is 0.361 e. The van der Waals surface area contributed by atoms with Crippen molar-refractivity contribution in [2.24, 2.45) is 0 Å². The van der Waals surface area contributed by atoms with E-state index in [1.807, 2.05) is 54.0 Å². The molecule has 1 aromatic carbocycles. The van der Waals surface area contributed by atoms with Crippen LogP contribution in [0.5, 0.6) is 0 Å². The molecule has 24 heavy (non-hydrogen) atoms. The van der Waals surface area contributed by atoms with Crippen LogP contribution in [0.2, 0.25) is 0 Å². The molecule has 4 rings (SSSR count).